The minimum Gasteiger partial charge on any atom is -0.361 e. The highest BCUT2D eigenvalue weighted by Crippen LogP contribution is 2.33. The molecule has 2 aromatic rings. The molecule has 1 unspecified atom stereocenters. The first kappa shape index (κ1) is 12.8. The highest BCUT2D eigenvalue weighted by atomic mass is 19.1. The SMILES string of the molecule is Cc1noc(C)c1C(C)N1Cc2ccc(F)cc2C1=N. The monoisotopic (exact) mass is 273 g/mol. The van der Waals surface area contributed by atoms with Gasteiger partial charge in [-0.3, -0.25) is 5.41 Å². The molecule has 5 heteroatoms. The number of rotatable bonds is 2. The lowest BCUT2D eigenvalue weighted by Gasteiger charge is -2.26. The van der Waals surface area contributed by atoms with Gasteiger partial charge >= 0.3 is 0 Å². The third-order valence-corrected chi connectivity index (χ3v) is 3.93. The molecule has 104 valence electrons. The summed E-state index contributed by atoms with van der Waals surface area (Å²) in [6.07, 6.45) is 0. The Hall–Kier alpha value is -2.17. The zero-order valence-corrected chi connectivity index (χ0v) is 11.7. The summed E-state index contributed by atoms with van der Waals surface area (Å²) < 4.78 is 18.5. The van der Waals surface area contributed by atoms with Gasteiger partial charge in [0.25, 0.3) is 0 Å². The minimum atomic E-state index is -0.305. The molecule has 0 aliphatic carbocycles. The van der Waals surface area contributed by atoms with Crippen LogP contribution in [0, 0.1) is 25.1 Å². The van der Waals surface area contributed by atoms with Crippen LogP contribution in [-0.2, 0) is 6.54 Å². The van der Waals surface area contributed by atoms with Crippen molar-refractivity contribution >= 4 is 5.84 Å². The van der Waals surface area contributed by atoms with Crippen LogP contribution in [0.15, 0.2) is 22.7 Å². The lowest BCUT2D eigenvalue weighted by molar-refractivity contribution is 0.334. The number of nitrogens with zero attached hydrogens (tertiary/aromatic N) is 2. The summed E-state index contributed by atoms with van der Waals surface area (Å²) in [6, 6.07) is 4.59. The number of nitrogens with one attached hydrogen (secondary N) is 1. The zero-order valence-electron chi connectivity index (χ0n) is 11.7. The largest absolute Gasteiger partial charge is 0.361 e. The molecule has 1 N–H and O–H groups in total. The summed E-state index contributed by atoms with van der Waals surface area (Å²) in [4.78, 5) is 1.94. The molecule has 3 rings (SSSR count). The van der Waals surface area contributed by atoms with E-state index in [9.17, 15) is 4.39 Å². The van der Waals surface area contributed by atoms with Crippen LogP contribution in [0.2, 0.25) is 0 Å². The van der Waals surface area contributed by atoms with E-state index in [2.05, 4.69) is 5.16 Å². The molecule has 0 radical (unpaired) electrons. The molecule has 1 atom stereocenters. The molecule has 2 heterocycles. The molecule has 1 aliphatic rings. The number of hydrogen-bond donors (Lipinski definition) is 1. The van der Waals surface area contributed by atoms with Gasteiger partial charge in [-0.05, 0) is 38.5 Å². The average molecular weight is 273 g/mol. The Labute approximate surface area is 116 Å². The van der Waals surface area contributed by atoms with Crippen LogP contribution in [-0.4, -0.2) is 15.9 Å². The number of aryl methyl sites for hydroxylation is 2. The zero-order chi connectivity index (χ0) is 14.4. The Kier molecular flexibility index (Phi) is 2.85. The number of fused-ring (bicyclic) bond motifs is 1. The predicted molar refractivity (Wildman–Crippen MR) is 73.2 cm³/mol. The normalized spacial score (nSPS) is 15.6. The molecule has 0 fully saturated rings. The van der Waals surface area contributed by atoms with E-state index in [0.717, 1.165) is 22.6 Å². The Morgan fingerprint density at radius 3 is 2.80 bits per heavy atom. The first-order valence-corrected chi connectivity index (χ1v) is 6.55. The second kappa shape index (κ2) is 4.44. The first-order chi connectivity index (χ1) is 9.49. The van der Waals surface area contributed by atoms with Crippen molar-refractivity contribution in [1.82, 2.24) is 10.1 Å². The van der Waals surface area contributed by atoms with Gasteiger partial charge in [0.15, 0.2) is 0 Å². The van der Waals surface area contributed by atoms with Gasteiger partial charge in [0, 0.05) is 17.7 Å². The molecular formula is C15H16FN3O. The number of halogens is 1. The molecule has 0 saturated heterocycles. The molecule has 1 aromatic carbocycles. The second-order valence-corrected chi connectivity index (χ2v) is 5.19. The second-order valence-electron chi connectivity index (χ2n) is 5.19. The van der Waals surface area contributed by atoms with Crippen LogP contribution in [0.5, 0.6) is 0 Å². The van der Waals surface area contributed by atoms with Crippen molar-refractivity contribution in [2.45, 2.75) is 33.4 Å². The van der Waals surface area contributed by atoms with Crippen LogP contribution in [0.3, 0.4) is 0 Å². The molecule has 0 spiro atoms. The van der Waals surface area contributed by atoms with Crippen molar-refractivity contribution in [2.24, 2.45) is 0 Å². The highest BCUT2D eigenvalue weighted by Gasteiger charge is 2.31. The fourth-order valence-electron chi connectivity index (χ4n) is 2.90. The molecule has 4 nitrogen and oxygen atoms in total. The molecule has 20 heavy (non-hydrogen) atoms. The number of amidine groups is 1. The summed E-state index contributed by atoms with van der Waals surface area (Å²) in [7, 11) is 0. The van der Waals surface area contributed by atoms with Gasteiger partial charge in [0.05, 0.1) is 11.7 Å². The predicted octanol–water partition coefficient (Wildman–Crippen LogP) is 3.33. The van der Waals surface area contributed by atoms with Crippen LogP contribution in [0.1, 0.15) is 41.1 Å². The average Bonchev–Trinajstić information content (AvgIpc) is 2.91. The van der Waals surface area contributed by atoms with E-state index in [1.165, 1.54) is 12.1 Å². The molecular weight excluding hydrogens is 257 g/mol. The topological polar surface area (TPSA) is 53.1 Å². The first-order valence-electron chi connectivity index (χ1n) is 6.55. The molecule has 1 aliphatic heterocycles. The lowest BCUT2D eigenvalue weighted by atomic mass is 10.1. The van der Waals surface area contributed by atoms with E-state index in [4.69, 9.17) is 9.93 Å². The summed E-state index contributed by atoms with van der Waals surface area (Å²) in [5, 5.41) is 12.2. The van der Waals surface area contributed by atoms with Crippen LogP contribution in [0.4, 0.5) is 4.39 Å². The van der Waals surface area contributed by atoms with E-state index in [1.54, 1.807) is 6.07 Å². The van der Waals surface area contributed by atoms with Crippen LogP contribution in [0.25, 0.3) is 0 Å². The van der Waals surface area contributed by atoms with Crippen molar-refractivity contribution in [1.29, 1.82) is 5.41 Å². The molecule has 0 saturated carbocycles. The Morgan fingerprint density at radius 1 is 1.40 bits per heavy atom. The standard InChI is InChI=1S/C15H16FN3O/c1-8-14(10(3)20-18-8)9(2)19-7-11-4-5-12(16)6-13(11)15(19)17/h4-6,9,17H,7H2,1-3H3. The fourth-order valence-corrected chi connectivity index (χ4v) is 2.90. The third kappa shape index (κ3) is 1.81. The van der Waals surface area contributed by atoms with E-state index in [0.29, 0.717) is 17.9 Å². The summed E-state index contributed by atoms with van der Waals surface area (Å²) >= 11 is 0. The van der Waals surface area contributed by atoms with E-state index < -0.39 is 0 Å². The van der Waals surface area contributed by atoms with Gasteiger partial charge in [-0.15, -0.1) is 0 Å². The third-order valence-electron chi connectivity index (χ3n) is 3.93. The van der Waals surface area contributed by atoms with Gasteiger partial charge in [-0.1, -0.05) is 11.2 Å². The summed E-state index contributed by atoms with van der Waals surface area (Å²) in [5.74, 6) is 0.817. The van der Waals surface area contributed by atoms with Gasteiger partial charge in [-0.2, -0.15) is 0 Å². The molecule has 0 amide bonds. The van der Waals surface area contributed by atoms with Gasteiger partial charge in [-0.25, -0.2) is 4.39 Å². The summed E-state index contributed by atoms with van der Waals surface area (Å²) in [6.45, 7) is 6.40. The highest BCUT2D eigenvalue weighted by molar-refractivity contribution is 6.00. The van der Waals surface area contributed by atoms with Crippen molar-refractivity contribution in [3.63, 3.8) is 0 Å². The Morgan fingerprint density at radius 2 is 2.15 bits per heavy atom. The van der Waals surface area contributed by atoms with Gasteiger partial charge in [0.1, 0.15) is 17.4 Å². The number of aromatic nitrogens is 1. The lowest BCUT2D eigenvalue weighted by Crippen LogP contribution is -2.28. The van der Waals surface area contributed by atoms with Crippen molar-refractivity contribution < 1.29 is 8.91 Å². The van der Waals surface area contributed by atoms with Gasteiger partial charge < -0.3 is 9.42 Å². The van der Waals surface area contributed by atoms with E-state index in [1.807, 2.05) is 25.7 Å². The van der Waals surface area contributed by atoms with Crippen LogP contribution >= 0.6 is 0 Å². The van der Waals surface area contributed by atoms with E-state index in [-0.39, 0.29) is 11.9 Å². The van der Waals surface area contributed by atoms with Crippen LogP contribution < -0.4 is 0 Å². The van der Waals surface area contributed by atoms with Crippen molar-refractivity contribution in [2.75, 3.05) is 0 Å². The number of benzene rings is 1. The quantitative estimate of drug-likeness (QED) is 0.913. The number of hydrogen-bond acceptors (Lipinski definition) is 3. The van der Waals surface area contributed by atoms with Gasteiger partial charge in [0.2, 0.25) is 0 Å². The maximum Gasteiger partial charge on any atom is 0.139 e. The van der Waals surface area contributed by atoms with Crippen molar-refractivity contribution in [3.05, 3.63) is 52.2 Å². The Balaban J connectivity index is 1.96. The fraction of sp³-hybridized carbons (Fsp3) is 0.333. The molecule has 0 bridgehead atoms. The maximum absolute atomic E-state index is 13.3. The molecule has 1 aromatic heterocycles. The minimum absolute atomic E-state index is 0.0239. The Bertz CT molecular complexity index is 673. The van der Waals surface area contributed by atoms with E-state index >= 15 is 0 Å². The van der Waals surface area contributed by atoms with Crippen molar-refractivity contribution in [3.8, 4) is 0 Å². The summed E-state index contributed by atoms with van der Waals surface area (Å²) in [5.41, 5.74) is 3.49. The smallest absolute Gasteiger partial charge is 0.139 e. The maximum atomic E-state index is 13.3.